The van der Waals surface area contributed by atoms with Gasteiger partial charge in [-0.1, -0.05) is 23.7 Å². The maximum absolute atomic E-state index is 12.7. The lowest BCUT2D eigenvalue weighted by Gasteiger charge is -2.24. The zero-order chi connectivity index (χ0) is 20.4. The molecule has 1 saturated heterocycles. The molecule has 1 amide bonds. The summed E-state index contributed by atoms with van der Waals surface area (Å²) in [6.45, 7) is -0.677. The quantitative estimate of drug-likeness (QED) is 0.261. The van der Waals surface area contributed by atoms with Crippen LogP contribution in [-0.2, 0) is 9.59 Å². The smallest absolute Gasteiger partial charge is 0.295 e. The monoisotopic (exact) mass is 402 g/mol. The van der Waals surface area contributed by atoms with Gasteiger partial charge in [-0.25, -0.2) is 0 Å². The third kappa shape index (κ3) is 3.35. The molecule has 2 aromatic carbocycles. The van der Waals surface area contributed by atoms with Crippen LogP contribution in [0, 0.1) is 10.1 Å². The van der Waals surface area contributed by atoms with E-state index in [4.69, 9.17) is 11.6 Å². The summed E-state index contributed by atoms with van der Waals surface area (Å²) in [6, 6.07) is 10.4. The van der Waals surface area contributed by atoms with Crippen molar-refractivity contribution in [2.24, 2.45) is 0 Å². The van der Waals surface area contributed by atoms with Crippen molar-refractivity contribution in [3.8, 4) is 0 Å². The van der Waals surface area contributed by atoms with Crippen molar-refractivity contribution in [2.75, 3.05) is 13.2 Å². The van der Waals surface area contributed by atoms with Crippen LogP contribution in [0.1, 0.15) is 17.2 Å². The molecule has 1 fully saturated rings. The molecule has 0 aromatic heterocycles. The number of hydrogen-bond donors (Lipinski definition) is 2. The molecule has 2 aromatic rings. The number of amides is 1. The number of benzene rings is 2. The fourth-order valence-electron chi connectivity index (χ4n) is 3.19. The zero-order valence-corrected chi connectivity index (χ0v) is 15.2. The lowest BCUT2D eigenvalue weighted by atomic mass is 9.94. The summed E-state index contributed by atoms with van der Waals surface area (Å²) in [6.07, 6.45) is 0. The van der Waals surface area contributed by atoms with Gasteiger partial charge in [-0.05, 0) is 30.3 Å². The average molecular weight is 403 g/mol. The largest absolute Gasteiger partial charge is 0.507 e. The van der Waals surface area contributed by atoms with Crippen molar-refractivity contribution in [1.29, 1.82) is 0 Å². The molecule has 28 heavy (non-hydrogen) atoms. The number of carbonyl (C=O) groups excluding carboxylic acids is 2. The SMILES string of the molecule is O=C1C(=O)N(CCO)C(c2ccccc2[N+](=O)[O-])/C1=C(/O)c1ccc(Cl)cc1. The van der Waals surface area contributed by atoms with E-state index in [1.54, 1.807) is 0 Å². The first-order valence-electron chi connectivity index (χ1n) is 8.25. The fourth-order valence-corrected chi connectivity index (χ4v) is 3.32. The van der Waals surface area contributed by atoms with E-state index in [-0.39, 0.29) is 28.9 Å². The third-order valence-electron chi connectivity index (χ3n) is 4.43. The van der Waals surface area contributed by atoms with E-state index in [1.165, 1.54) is 48.5 Å². The molecule has 2 N–H and O–H groups in total. The predicted octanol–water partition coefficient (Wildman–Crippen LogP) is 2.66. The number of hydrogen-bond acceptors (Lipinski definition) is 6. The lowest BCUT2D eigenvalue weighted by Crippen LogP contribution is -2.32. The van der Waals surface area contributed by atoms with Crippen molar-refractivity contribution in [2.45, 2.75) is 6.04 Å². The van der Waals surface area contributed by atoms with Crippen LogP contribution in [0.15, 0.2) is 54.1 Å². The molecule has 0 spiro atoms. The van der Waals surface area contributed by atoms with E-state index >= 15 is 0 Å². The molecule has 3 rings (SSSR count). The minimum atomic E-state index is -1.20. The second-order valence-corrected chi connectivity index (χ2v) is 6.48. The number of aliphatic hydroxyl groups excluding tert-OH is 2. The van der Waals surface area contributed by atoms with Gasteiger partial charge < -0.3 is 15.1 Å². The van der Waals surface area contributed by atoms with Crippen LogP contribution < -0.4 is 0 Å². The van der Waals surface area contributed by atoms with Crippen LogP contribution in [0.4, 0.5) is 5.69 Å². The number of nitro groups is 1. The first-order chi connectivity index (χ1) is 13.4. The van der Waals surface area contributed by atoms with Crippen LogP contribution in [-0.4, -0.2) is 44.9 Å². The number of carbonyl (C=O) groups is 2. The average Bonchev–Trinajstić information content (AvgIpc) is 2.93. The number of nitro benzene ring substituents is 1. The number of Topliss-reactive ketones (excluding diaryl/α,β-unsaturated/α-hetero) is 1. The Kier molecular flexibility index (Phi) is 5.43. The summed E-state index contributed by atoms with van der Waals surface area (Å²) >= 11 is 5.84. The summed E-state index contributed by atoms with van der Waals surface area (Å²) < 4.78 is 0. The minimum absolute atomic E-state index is 0.0654. The van der Waals surface area contributed by atoms with Gasteiger partial charge in [0.25, 0.3) is 17.4 Å². The summed E-state index contributed by atoms with van der Waals surface area (Å²) in [7, 11) is 0. The highest BCUT2D eigenvalue weighted by Crippen LogP contribution is 2.42. The Morgan fingerprint density at radius 1 is 1.14 bits per heavy atom. The third-order valence-corrected chi connectivity index (χ3v) is 4.68. The maximum Gasteiger partial charge on any atom is 0.295 e. The van der Waals surface area contributed by atoms with Gasteiger partial charge in [0.05, 0.1) is 28.7 Å². The second kappa shape index (κ2) is 7.79. The van der Waals surface area contributed by atoms with Gasteiger partial charge in [0.2, 0.25) is 0 Å². The molecule has 0 saturated carbocycles. The Morgan fingerprint density at radius 3 is 2.39 bits per heavy atom. The standard InChI is InChI=1S/C19H15ClN2O6/c20-12-7-5-11(6-8-12)17(24)15-16(21(9-10-23)19(26)18(15)25)13-3-1-2-4-14(13)22(27)28/h1-8,16,23-24H,9-10H2/b17-15-. The van der Waals surface area contributed by atoms with E-state index in [0.717, 1.165) is 4.90 Å². The fraction of sp³-hybridized carbons (Fsp3) is 0.158. The minimum Gasteiger partial charge on any atom is -0.507 e. The van der Waals surface area contributed by atoms with Crippen molar-refractivity contribution < 1.29 is 24.7 Å². The van der Waals surface area contributed by atoms with E-state index < -0.39 is 35.0 Å². The number of rotatable bonds is 5. The number of para-hydroxylation sites is 1. The van der Waals surface area contributed by atoms with Crippen LogP contribution in [0.2, 0.25) is 5.02 Å². The highest BCUT2D eigenvalue weighted by atomic mass is 35.5. The molecular weight excluding hydrogens is 388 g/mol. The predicted molar refractivity (Wildman–Crippen MR) is 101 cm³/mol. The number of likely N-dealkylation sites (tertiary alicyclic amines) is 1. The van der Waals surface area contributed by atoms with Gasteiger partial charge in [0.15, 0.2) is 0 Å². The molecule has 0 radical (unpaired) electrons. The Bertz CT molecular complexity index is 986. The normalized spacial score (nSPS) is 18.5. The molecule has 0 bridgehead atoms. The van der Waals surface area contributed by atoms with Crippen LogP contribution in [0.5, 0.6) is 0 Å². The van der Waals surface area contributed by atoms with E-state index in [1.807, 2.05) is 0 Å². The van der Waals surface area contributed by atoms with E-state index in [9.17, 15) is 29.9 Å². The number of nitrogens with zero attached hydrogens (tertiary/aromatic N) is 2. The molecular formula is C19H15ClN2O6. The first-order valence-corrected chi connectivity index (χ1v) is 8.63. The van der Waals surface area contributed by atoms with Gasteiger partial charge in [-0.15, -0.1) is 0 Å². The maximum atomic E-state index is 12.7. The number of aliphatic hydroxyl groups is 2. The molecule has 1 unspecified atom stereocenters. The van der Waals surface area contributed by atoms with Gasteiger partial charge in [0.1, 0.15) is 5.76 Å². The summed E-state index contributed by atoms with van der Waals surface area (Å²) in [5, 5.41) is 31.9. The summed E-state index contributed by atoms with van der Waals surface area (Å²) in [5.41, 5.74) is -0.292. The summed E-state index contributed by atoms with van der Waals surface area (Å²) in [4.78, 5) is 37.0. The van der Waals surface area contributed by atoms with Gasteiger partial charge in [-0.3, -0.25) is 19.7 Å². The Morgan fingerprint density at radius 2 is 1.79 bits per heavy atom. The molecule has 1 aliphatic rings. The lowest BCUT2D eigenvalue weighted by molar-refractivity contribution is -0.385. The number of β-amino-alcohol motifs (C(OH)–C–C–N with tert-alkyl or cyclic N) is 1. The molecule has 1 atom stereocenters. The number of halogens is 1. The van der Waals surface area contributed by atoms with Crippen LogP contribution >= 0.6 is 11.6 Å². The van der Waals surface area contributed by atoms with Crippen molar-refractivity contribution in [1.82, 2.24) is 4.90 Å². The topological polar surface area (TPSA) is 121 Å². The van der Waals surface area contributed by atoms with Crippen LogP contribution in [0.25, 0.3) is 5.76 Å². The molecule has 1 aliphatic heterocycles. The van der Waals surface area contributed by atoms with Gasteiger partial charge in [-0.2, -0.15) is 0 Å². The van der Waals surface area contributed by atoms with Crippen molar-refractivity contribution in [3.05, 3.63) is 80.4 Å². The Balaban J connectivity index is 2.26. The number of ketones is 1. The van der Waals surface area contributed by atoms with Gasteiger partial charge in [0, 0.05) is 23.2 Å². The molecule has 144 valence electrons. The highest BCUT2D eigenvalue weighted by molar-refractivity contribution is 6.46. The first kappa shape index (κ1) is 19.5. The summed E-state index contributed by atoms with van der Waals surface area (Å²) in [5.74, 6) is -2.41. The Labute approximate surface area is 164 Å². The van der Waals surface area contributed by atoms with E-state index in [0.29, 0.717) is 5.02 Å². The molecule has 9 heteroatoms. The molecule has 1 heterocycles. The van der Waals surface area contributed by atoms with E-state index in [2.05, 4.69) is 0 Å². The van der Waals surface area contributed by atoms with Crippen LogP contribution in [0.3, 0.4) is 0 Å². The highest BCUT2D eigenvalue weighted by Gasteiger charge is 2.47. The Hall–Kier alpha value is -3.23. The van der Waals surface area contributed by atoms with Gasteiger partial charge >= 0.3 is 0 Å². The van der Waals surface area contributed by atoms with Crippen molar-refractivity contribution >= 4 is 34.7 Å². The van der Waals surface area contributed by atoms with Crippen molar-refractivity contribution in [3.63, 3.8) is 0 Å². The zero-order valence-electron chi connectivity index (χ0n) is 14.4. The molecule has 0 aliphatic carbocycles. The second-order valence-electron chi connectivity index (χ2n) is 6.04. The molecule has 8 nitrogen and oxygen atoms in total.